The van der Waals surface area contributed by atoms with E-state index in [4.69, 9.17) is 5.11 Å². The molecule has 0 radical (unpaired) electrons. The fourth-order valence-corrected chi connectivity index (χ4v) is 2.07. The van der Waals surface area contributed by atoms with Crippen LogP contribution in [0.5, 0.6) is 0 Å². The number of carboxylic acid groups (broad SMARTS) is 1. The maximum absolute atomic E-state index is 12.0. The summed E-state index contributed by atoms with van der Waals surface area (Å²) < 4.78 is 1.09. The van der Waals surface area contributed by atoms with Gasteiger partial charge in [0.1, 0.15) is 12.6 Å². The molecule has 1 aliphatic rings. The first-order valence-corrected chi connectivity index (χ1v) is 5.71. The largest absolute Gasteiger partial charge is 0.480 e. The molecule has 19 heavy (non-hydrogen) atoms. The first-order valence-electron chi connectivity index (χ1n) is 5.71. The zero-order chi connectivity index (χ0) is 14.0. The van der Waals surface area contributed by atoms with Crippen LogP contribution < -0.4 is 5.69 Å². The number of β-amino-alcohol motifs (C(OH)–C–C–N with tert-alkyl or cyclic N) is 1. The van der Waals surface area contributed by atoms with Gasteiger partial charge < -0.3 is 15.1 Å². The summed E-state index contributed by atoms with van der Waals surface area (Å²) in [6, 6.07) is 0.456. The molecule has 1 aromatic rings. The molecule has 0 bridgehead atoms. The molecule has 0 aliphatic carbocycles. The Morgan fingerprint density at radius 2 is 2.21 bits per heavy atom. The second-order valence-electron chi connectivity index (χ2n) is 4.32. The molecule has 1 aromatic heterocycles. The Bertz CT molecular complexity index is 555. The maximum Gasteiger partial charge on any atom is 0.347 e. The maximum atomic E-state index is 12.0. The molecule has 1 aliphatic heterocycles. The van der Waals surface area contributed by atoms with Crippen LogP contribution in [-0.4, -0.2) is 55.2 Å². The summed E-state index contributed by atoms with van der Waals surface area (Å²) in [6.45, 7) is -0.325. The topological polar surface area (TPSA) is 113 Å². The van der Waals surface area contributed by atoms with Crippen molar-refractivity contribution in [3.8, 4) is 0 Å². The van der Waals surface area contributed by atoms with Gasteiger partial charge in [0.15, 0.2) is 0 Å². The number of amides is 1. The lowest BCUT2D eigenvalue weighted by Crippen LogP contribution is -2.43. The third-order valence-corrected chi connectivity index (χ3v) is 2.97. The van der Waals surface area contributed by atoms with Gasteiger partial charge in [-0.25, -0.2) is 14.6 Å². The van der Waals surface area contributed by atoms with Crippen molar-refractivity contribution >= 4 is 11.9 Å². The predicted octanol–water partition coefficient (Wildman–Crippen LogP) is -1.71. The van der Waals surface area contributed by atoms with E-state index in [-0.39, 0.29) is 19.5 Å². The van der Waals surface area contributed by atoms with Gasteiger partial charge in [-0.05, 0) is 6.07 Å². The zero-order valence-corrected chi connectivity index (χ0v) is 9.97. The number of aliphatic hydroxyl groups excluding tert-OH is 1. The van der Waals surface area contributed by atoms with Crippen LogP contribution in [0.3, 0.4) is 0 Å². The molecule has 1 saturated heterocycles. The van der Waals surface area contributed by atoms with Crippen LogP contribution in [0.25, 0.3) is 0 Å². The molecular formula is C11H13N3O5. The van der Waals surface area contributed by atoms with E-state index in [2.05, 4.69) is 4.98 Å². The van der Waals surface area contributed by atoms with E-state index >= 15 is 0 Å². The molecule has 2 rings (SSSR count). The second kappa shape index (κ2) is 5.19. The average Bonchev–Trinajstić information content (AvgIpc) is 2.74. The van der Waals surface area contributed by atoms with Gasteiger partial charge in [-0.1, -0.05) is 0 Å². The highest BCUT2D eigenvalue weighted by atomic mass is 16.4. The number of carbonyl (C=O) groups excluding carboxylic acids is 1. The highest BCUT2D eigenvalue weighted by Gasteiger charge is 2.38. The molecule has 8 nitrogen and oxygen atoms in total. The Morgan fingerprint density at radius 1 is 1.47 bits per heavy atom. The van der Waals surface area contributed by atoms with Crippen molar-refractivity contribution in [2.45, 2.75) is 25.1 Å². The van der Waals surface area contributed by atoms with Crippen LogP contribution >= 0.6 is 0 Å². The number of nitrogens with zero attached hydrogens (tertiary/aromatic N) is 3. The molecule has 2 heterocycles. The molecule has 1 fully saturated rings. The van der Waals surface area contributed by atoms with Crippen molar-refractivity contribution in [3.63, 3.8) is 0 Å². The lowest BCUT2D eigenvalue weighted by Gasteiger charge is -2.21. The Morgan fingerprint density at radius 3 is 2.84 bits per heavy atom. The Labute approximate surface area is 107 Å². The normalized spacial score (nSPS) is 22.5. The molecule has 0 saturated carbocycles. The number of carbonyl (C=O) groups is 2. The number of rotatable bonds is 3. The number of aromatic nitrogens is 2. The summed E-state index contributed by atoms with van der Waals surface area (Å²) in [5.74, 6) is -1.69. The van der Waals surface area contributed by atoms with Crippen LogP contribution in [0.1, 0.15) is 6.42 Å². The van der Waals surface area contributed by atoms with Gasteiger partial charge in [-0.15, -0.1) is 0 Å². The standard InChI is InChI=1S/C11H13N3O5/c15-7-4-8(10(17)18)14(5-7)9(16)6-13-3-1-2-12-11(13)19/h1-3,7-8,15H,4-6H2,(H,17,18)/t7-,8-/m1/s1. The van der Waals surface area contributed by atoms with Crippen molar-refractivity contribution < 1.29 is 19.8 Å². The summed E-state index contributed by atoms with van der Waals surface area (Å²) in [5, 5.41) is 18.4. The fourth-order valence-electron chi connectivity index (χ4n) is 2.07. The number of aliphatic hydroxyl groups is 1. The number of likely N-dealkylation sites (tertiary alicyclic amines) is 1. The summed E-state index contributed by atoms with van der Waals surface area (Å²) in [5.41, 5.74) is -0.581. The van der Waals surface area contributed by atoms with Gasteiger partial charge in [0.05, 0.1) is 6.10 Å². The van der Waals surface area contributed by atoms with Crippen molar-refractivity contribution in [3.05, 3.63) is 28.9 Å². The Balaban J connectivity index is 2.14. The van der Waals surface area contributed by atoms with Crippen LogP contribution in [-0.2, 0) is 16.1 Å². The van der Waals surface area contributed by atoms with E-state index in [0.717, 1.165) is 9.47 Å². The van der Waals surface area contributed by atoms with Crippen LogP contribution in [0, 0.1) is 0 Å². The second-order valence-corrected chi connectivity index (χ2v) is 4.32. The van der Waals surface area contributed by atoms with Crippen LogP contribution in [0.2, 0.25) is 0 Å². The third kappa shape index (κ3) is 2.79. The van der Waals surface area contributed by atoms with E-state index in [1.807, 2.05) is 0 Å². The number of hydrogen-bond acceptors (Lipinski definition) is 5. The highest BCUT2D eigenvalue weighted by Crippen LogP contribution is 2.18. The van der Waals surface area contributed by atoms with E-state index in [1.54, 1.807) is 0 Å². The predicted molar refractivity (Wildman–Crippen MR) is 62.3 cm³/mol. The summed E-state index contributed by atoms with van der Waals surface area (Å²) in [6.07, 6.45) is 1.86. The van der Waals surface area contributed by atoms with Gasteiger partial charge >= 0.3 is 11.7 Å². The van der Waals surface area contributed by atoms with Gasteiger partial charge in [0, 0.05) is 25.4 Å². The average molecular weight is 267 g/mol. The van der Waals surface area contributed by atoms with Crippen molar-refractivity contribution in [1.82, 2.24) is 14.5 Å². The molecule has 102 valence electrons. The number of hydrogen-bond donors (Lipinski definition) is 2. The lowest BCUT2D eigenvalue weighted by molar-refractivity contribution is -0.148. The monoisotopic (exact) mass is 267 g/mol. The first-order chi connectivity index (χ1) is 8.99. The van der Waals surface area contributed by atoms with Gasteiger partial charge in [-0.3, -0.25) is 9.36 Å². The van der Waals surface area contributed by atoms with Gasteiger partial charge in [0.25, 0.3) is 0 Å². The SMILES string of the molecule is O=C(O)[C@H]1C[C@@H](O)CN1C(=O)Cn1cccnc1=O. The molecule has 1 amide bonds. The van der Waals surface area contributed by atoms with Crippen molar-refractivity contribution in [2.75, 3.05) is 6.54 Å². The van der Waals surface area contributed by atoms with Gasteiger partial charge in [0.2, 0.25) is 5.91 Å². The zero-order valence-electron chi connectivity index (χ0n) is 9.97. The van der Waals surface area contributed by atoms with Crippen molar-refractivity contribution in [1.29, 1.82) is 0 Å². The van der Waals surface area contributed by atoms with E-state index in [0.29, 0.717) is 0 Å². The smallest absolute Gasteiger partial charge is 0.347 e. The minimum Gasteiger partial charge on any atom is -0.480 e. The summed E-state index contributed by atoms with van der Waals surface area (Å²) >= 11 is 0. The summed E-state index contributed by atoms with van der Waals surface area (Å²) in [4.78, 5) is 38.9. The molecule has 0 aromatic carbocycles. The van der Waals surface area contributed by atoms with E-state index in [9.17, 15) is 19.5 Å². The first kappa shape index (κ1) is 13.2. The van der Waals surface area contributed by atoms with Crippen molar-refractivity contribution in [2.24, 2.45) is 0 Å². The number of carboxylic acids is 1. The van der Waals surface area contributed by atoms with E-state index < -0.39 is 29.7 Å². The number of aliphatic carboxylic acids is 1. The minimum atomic E-state index is -1.16. The quantitative estimate of drug-likeness (QED) is 0.674. The molecular weight excluding hydrogens is 254 g/mol. The van der Waals surface area contributed by atoms with Crippen LogP contribution in [0.4, 0.5) is 0 Å². The molecule has 8 heteroatoms. The molecule has 2 atom stereocenters. The minimum absolute atomic E-state index is 0.00299. The fraction of sp³-hybridized carbons (Fsp3) is 0.455. The van der Waals surface area contributed by atoms with E-state index in [1.165, 1.54) is 18.5 Å². The highest BCUT2D eigenvalue weighted by molar-refractivity contribution is 5.84. The van der Waals surface area contributed by atoms with Gasteiger partial charge in [-0.2, -0.15) is 0 Å². The third-order valence-electron chi connectivity index (χ3n) is 2.97. The molecule has 2 N–H and O–H groups in total. The Kier molecular flexibility index (Phi) is 3.61. The summed E-state index contributed by atoms with van der Waals surface area (Å²) in [7, 11) is 0. The lowest BCUT2D eigenvalue weighted by atomic mass is 10.2. The molecule has 0 unspecified atom stereocenters. The van der Waals surface area contributed by atoms with Crippen LogP contribution in [0.15, 0.2) is 23.3 Å². The Hall–Kier alpha value is -2.22. The molecule has 0 spiro atoms.